The number of para-hydroxylation sites is 4. The van der Waals surface area contributed by atoms with Gasteiger partial charge in [0.2, 0.25) is 0 Å². The van der Waals surface area contributed by atoms with E-state index >= 15 is 0 Å². The predicted octanol–water partition coefficient (Wildman–Crippen LogP) is 17.8. The van der Waals surface area contributed by atoms with Gasteiger partial charge in [0, 0.05) is 82.2 Å². The fourth-order valence-corrected chi connectivity index (χ4v) is 13.7. The average molecular weight is 1080 g/mol. The third kappa shape index (κ3) is 7.52. The van der Waals surface area contributed by atoms with Crippen molar-refractivity contribution in [2.24, 2.45) is 0 Å². The van der Waals surface area contributed by atoms with E-state index < -0.39 is 0 Å². The fraction of sp³-hybridized carbons (Fsp3) is 0.0159. The molecular weight excluding hydrogens is 1040 g/mol. The first kappa shape index (κ1) is 43.6. The molecule has 0 aliphatic heterocycles. The van der Waals surface area contributed by atoms with Crippen molar-refractivity contribution in [2.75, 3.05) is 0 Å². The van der Waals surface area contributed by atoms with Gasteiger partial charge in [0.15, 0.2) is 10.9 Å². The van der Waals surface area contributed by atoms with E-state index in [2.05, 4.69) is 211 Å². The molecule has 0 unspecified atom stereocenters. The number of nitrogens with zero attached hydrogens (tertiary/aromatic N) is 2. The van der Waals surface area contributed by atoms with Crippen LogP contribution in [0.15, 0.2) is 237 Å². The largest absolute Gasteiger partial charge is 0.309 e. The lowest BCUT2D eigenvalue weighted by Crippen LogP contribution is -2.03. The Morgan fingerprint density at radius 2 is 0.634 bits per heavy atom. The van der Waals surface area contributed by atoms with Crippen molar-refractivity contribution in [3.63, 3.8) is 0 Å². The maximum Gasteiger partial charge on any atom is 0.195 e. The van der Waals surface area contributed by atoms with Gasteiger partial charge in [-0.3, -0.25) is 9.59 Å². The first-order valence-corrected chi connectivity index (χ1v) is 26.5. The minimum atomic E-state index is 0.0799. The van der Waals surface area contributed by atoms with Crippen molar-refractivity contribution >= 4 is 138 Å². The first-order valence-electron chi connectivity index (χ1n) is 23.3. The molecule has 0 N–H and O–H groups in total. The molecule has 4 aromatic heterocycles. The minimum absolute atomic E-state index is 0.0799. The van der Waals surface area contributed by atoms with E-state index in [0.717, 1.165) is 89.2 Å². The van der Waals surface area contributed by atoms with Crippen molar-refractivity contribution in [3.8, 4) is 22.5 Å². The summed E-state index contributed by atoms with van der Waals surface area (Å²) in [4.78, 5) is 26.0. The van der Waals surface area contributed by atoms with Crippen LogP contribution in [-0.2, 0) is 6.42 Å². The lowest BCUT2D eigenvalue weighted by atomic mass is 10.1. The predicted molar refractivity (Wildman–Crippen MR) is 310 cm³/mol. The molecule has 0 radical (unpaired) electrons. The number of fused-ring (bicyclic) bond motifs is 13. The highest BCUT2D eigenvalue weighted by atomic mass is 79.9. The van der Waals surface area contributed by atoms with Gasteiger partial charge >= 0.3 is 0 Å². The summed E-state index contributed by atoms with van der Waals surface area (Å²) < 4.78 is 10.6. The molecule has 0 bridgehead atoms. The molecule has 71 heavy (non-hydrogen) atoms. The Morgan fingerprint density at radius 3 is 1.01 bits per heavy atom. The van der Waals surface area contributed by atoms with E-state index in [0.29, 0.717) is 0 Å². The van der Waals surface area contributed by atoms with Crippen LogP contribution in [0.25, 0.3) is 106 Å². The molecular formula is C63H38Br2N2O2S2. The van der Waals surface area contributed by atoms with E-state index in [1.807, 2.05) is 48.5 Å². The van der Waals surface area contributed by atoms with Gasteiger partial charge in [0.25, 0.3) is 0 Å². The van der Waals surface area contributed by atoms with Gasteiger partial charge in [0.05, 0.1) is 22.1 Å². The van der Waals surface area contributed by atoms with E-state index in [1.165, 1.54) is 43.8 Å². The molecule has 8 heteroatoms. The van der Waals surface area contributed by atoms with Crippen LogP contribution in [0.3, 0.4) is 0 Å². The normalized spacial score (nSPS) is 11.9. The summed E-state index contributed by atoms with van der Waals surface area (Å²) in [6.07, 6.45) is 1.10. The smallest absolute Gasteiger partial charge is 0.195 e. The maximum atomic E-state index is 13.7. The average Bonchev–Trinajstić information content (AvgIpc) is 4.07. The molecule has 0 saturated heterocycles. The van der Waals surface area contributed by atoms with Crippen LogP contribution in [0.5, 0.6) is 0 Å². The molecule has 4 heterocycles. The molecule has 0 amide bonds. The van der Waals surface area contributed by atoms with Gasteiger partial charge in [-0.1, -0.05) is 153 Å². The van der Waals surface area contributed by atoms with E-state index in [4.69, 9.17) is 0 Å². The Hall–Kier alpha value is -7.46. The Bertz CT molecular complexity index is 4220. The third-order valence-electron chi connectivity index (χ3n) is 13.6. The van der Waals surface area contributed by atoms with Crippen LogP contribution in [0.1, 0.15) is 11.1 Å². The summed E-state index contributed by atoms with van der Waals surface area (Å²) in [6, 6.07) is 75.4. The van der Waals surface area contributed by atoms with Gasteiger partial charge in [-0.25, -0.2) is 0 Å². The molecule has 0 atom stereocenters. The second-order valence-corrected chi connectivity index (χ2v) is 21.7. The van der Waals surface area contributed by atoms with Crippen LogP contribution in [-0.4, -0.2) is 9.13 Å². The summed E-state index contributed by atoms with van der Waals surface area (Å²) in [5, 5.41) is 8.00. The Morgan fingerprint density at radius 1 is 0.324 bits per heavy atom. The molecule has 0 spiro atoms. The van der Waals surface area contributed by atoms with E-state index in [9.17, 15) is 9.59 Å². The number of hydrogen-bond acceptors (Lipinski definition) is 4. The summed E-state index contributed by atoms with van der Waals surface area (Å²) in [5.41, 5.74) is 12.7. The van der Waals surface area contributed by atoms with Crippen LogP contribution in [0.4, 0.5) is 0 Å². The van der Waals surface area contributed by atoms with Crippen molar-refractivity contribution in [1.82, 2.24) is 9.13 Å². The molecule has 4 nitrogen and oxygen atoms in total. The molecule has 1 aliphatic carbocycles. The number of rotatable bonds is 2. The Balaban J connectivity index is 0.000000133. The van der Waals surface area contributed by atoms with Gasteiger partial charge in [0.1, 0.15) is 0 Å². The van der Waals surface area contributed by atoms with Crippen LogP contribution < -0.4 is 10.9 Å². The van der Waals surface area contributed by atoms with Gasteiger partial charge < -0.3 is 9.13 Å². The number of aromatic nitrogens is 2. The van der Waals surface area contributed by atoms with Gasteiger partial charge in [-0.15, -0.1) is 22.7 Å². The van der Waals surface area contributed by atoms with Gasteiger partial charge in [-0.2, -0.15) is 0 Å². The summed E-state index contributed by atoms with van der Waals surface area (Å²) >= 11 is 10.2. The molecule has 14 aromatic rings. The van der Waals surface area contributed by atoms with Crippen LogP contribution >= 0.6 is 54.5 Å². The van der Waals surface area contributed by atoms with Gasteiger partial charge in [-0.05, 0) is 126 Å². The molecule has 338 valence electrons. The number of benzene rings is 10. The zero-order valence-electron chi connectivity index (χ0n) is 37.8. The lowest BCUT2D eigenvalue weighted by Gasteiger charge is -2.11. The molecule has 0 fully saturated rings. The summed E-state index contributed by atoms with van der Waals surface area (Å²) in [5.74, 6) is 0. The monoisotopic (exact) mass is 1080 g/mol. The fourth-order valence-electron chi connectivity index (χ4n) is 10.4. The Kier molecular flexibility index (Phi) is 10.9. The van der Waals surface area contributed by atoms with Crippen molar-refractivity contribution in [1.29, 1.82) is 0 Å². The quantitative estimate of drug-likeness (QED) is 0.162. The lowest BCUT2D eigenvalue weighted by molar-refractivity contribution is 1.19. The zero-order chi connectivity index (χ0) is 47.7. The Labute approximate surface area is 432 Å². The first-order chi connectivity index (χ1) is 34.9. The standard InChI is InChI=1S/C37H22N2OS.C13H6Br2OS.C13H10/c40-37-29-19-17-23(38-31-13-5-1-9-25(31)26-10-2-6-14-32(26)38)21-35(29)41-36-22-24(18-20-30(36)37)39-33-15-7-3-11-27(33)28-12-4-8-16-34(28)39;14-7-1-3-9-11(5-7)17-12-6-8(15)2-4-10(12)13(9)16;1-3-7-12-10(5-1)9-11-6-2-4-8-13(11)12/h1-22H;1-6H;1-8H,9H2. The summed E-state index contributed by atoms with van der Waals surface area (Å²) in [6.45, 7) is 0. The topological polar surface area (TPSA) is 44.0 Å². The molecule has 0 saturated carbocycles. The maximum absolute atomic E-state index is 13.7. The highest BCUT2D eigenvalue weighted by Crippen LogP contribution is 2.38. The second-order valence-electron chi connectivity index (χ2n) is 17.7. The molecule has 10 aromatic carbocycles. The van der Waals surface area contributed by atoms with Crippen molar-refractivity contribution in [2.45, 2.75) is 6.42 Å². The highest BCUT2D eigenvalue weighted by molar-refractivity contribution is 9.10. The minimum Gasteiger partial charge on any atom is -0.309 e. The molecule has 15 rings (SSSR count). The summed E-state index contributed by atoms with van der Waals surface area (Å²) in [7, 11) is 0. The zero-order valence-corrected chi connectivity index (χ0v) is 42.6. The van der Waals surface area contributed by atoms with E-state index in [1.54, 1.807) is 22.7 Å². The number of hydrogen-bond donors (Lipinski definition) is 0. The SMILES string of the molecule is O=c1c2ccc(-n3c4ccccc4c4ccccc43)cc2sc2cc(-n3c4ccccc4c4ccccc43)ccc12.O=c1c2ccc(Br)cc2sc2cc(Br)ccc12.c1ccc2c(c1)Cc1ccccc1-2. The third-order valence-corrected chi connectivity index (χ3v) is 16.8. The second kappa shape index (κ2) is 17.7. The highest BCUT2D eigenvalue weighted by Gasteiger charge is 2.18. The van der Waals surface area contributed by atoms with Crippen LogP contribution in [0, 0.1) is 0 Å². The van der Waals surface area contributed by atoms with E-state index in [-0.39, 0.29) is 10.9 Å². The van der Waals surface area contributed by atoms with Crippen molar-refractivity contribution < 1.29 is 0 Å². The van der Waals surface area contributed by atoms with Crippen molar-refractivity contribution in [3.05, 3.63) is 259 Å². The number of halogens is 2. The van der Waals surface area contributed by atoms with Crippen LogP contribution in [0.2, 0.25) is 0 Å². The molecule has 1 aliphatic rings.